The molecule has 1 aromatic carbocycles. The third kappa shape index (κ3) is 10.5. The van der Waals surface area contributed by atoms with Gasteiger partial charge in [0.1, 0.15) is 24.4 Å². The van der Waals surface area contributed by atoms with E-state index in [9.17, 15) is 29.1 Å². The van der Waals surface area contributed by atoms with Gasteiger partial charge in [-0.25, -0.2) is 0 Å². The third-order valence-electron chi connectivity index (χ3n) is 4.52. The van der Waals surface area contributed by atoms with Gasteiger partial charge >= 0.3 is 5.97 Å². The Hall–Kier alpha value is -3.67. The number of carbonyl (C=O) groups excluding carboxylic acids is 4. The van der Waals surface area contributed by atoms with Crippen LogP contribution in [0.3, 0.4) is 0 Å². The minimum absolute atomic E-state index is 0.00765. The predicted molar refractivity (Wildman–Crippen MR) is 118 cm³/mol. The number of rotatable bonds is 13. The number of phenolic OH excluding ortho intramolecular Hbond substituents is 1. The average molecular weight is 466 g/mol. The first-order valence-corrected chi connectivity index (χ1v) is 10.3. The number of benzene rings is 1. The summed E-state index contributed by atoms with van der Waals surface area (Å²) in [6.45, 7) is 3.03. The quantitative estimate of drug-likeness (QED) is 0.179. The van der Waals surface area contributed by atoms with Gasteiger partial charge in [-0.05, 0) is 30.0 Å². The number of nitrogens with two attached hydrogens (primary N) is 2. The summed E-state index contributed by atoms with van der Waals surface area (Å²) in [5.74, 6) is -4.20. The molecule has 0 radical (unpaired) electrons. The molecule has 3 unspecified atom stereocenters. The molecule has 0 saturated carbocycles. The Morgan fingerprint density at radius 2 is 1.52 bits per heavy atom. The lowest BCUT2D eigenvalue weighted by molar-refractivity contribution is -0.138. The molecule has 0 aromatic heterocycles. The van der Waals surface area contributed by atoms with Crippen LogP contribution in [0.25, 0.3) is 0 Å². The number of carboxylic acids is 1. The molecule has 0 fully saturated rings. The van der Waals surface area contributed by atoms with E-state index >= 15 is 0 Å². The van der Waals surface area contributed by atoms with E-state index in [1.54, 1.807) is 12.1 Å². The number of nitrogens with one attached hydrogen (secondary N) is 3. The fourth-order valence-electron chi connectivity index (χ4n) is 2.93. The zero-order chi connectivity index (χ0) is 25.1. The van der Waals surface area contributed by atoms with Crippen molar-refractivity contribution in [3.05, 3.63) is 29.8 Å². The van der Waals surface area contributed by atoms with Gasteiger partial charge in [0.05, 0.1) is 12.5 Å². The first-order valence-electron chi connectivity index (χ1n) is 10.3. The highest BCUT2D eigenvalue weighted by atomic mass is 16.4. The van der Waals surface area contributed by atoms with E-state index in [0.29, 0.717) is 5.56 Å². The summed E-state index contributed by atoms with van der Waals surface area (Å²) in [5, 5.41) is 25.5. The van der Waals surface area contributed by atoms with Crippen LogP contribution in [0.5, 0.6) is 5.75 Å². The van der Waals surface area contributed by atoms with Crippen molar-refractivity contribution in [2.75, 3.05) is 6.54 Å². The normalized spacial score (nSPS) is 13.5. The summed E-state index contributed by atoms with van der Waals surface area (Å²) >= 11 is 0. The molecule has 0 bridgehead atoms. The molecule has 1 aromatic rings. The van der Waals surface area contributed by atoms with Gasteiger partial charge in [-0.1, -0.05) is 26.0 Å². The van der Waals surface area contributed by atoms with Gasteiger partial charge in [0, 0.05) is 6.42 Å². The molecule has 12 nitrogen and oxygen atoms in total. The lowest BCUT2D eigenvalue weighted by atomic mass is 10.0. The standard InChI is InChI=1S/C21H31N5O7/c1-11(2)7-15(20(32)24-10-18(29)30)26-21(33)16(8-12-3-5-13(27)6-4-12)25-19(31)14(22)9-17(23)28/h3-6,11,14-16,27H,7-10,22H2,1-2H3,(H2,23,28)(H,24,32)(H,25,31)(H,26,33)(H,29,30). The monoisotopic (exact) mass is 465 g/mol. The molecule has 1 rings (SSSR count). The SMILES string of the molecule is CC(C)CC(NC(=O)C(Cc1ccc(O)cc1)NC(=O)C(N)CC(N)=O)C(=O)NCC(=O)O. The topological polar surface area (TPSA) is 214 Å². The molecule has 0 spiro atoms. The van der Waals surface area contributed by atoms with E-state index in [1.165, 1.54) is 12.1 Å². The van der Waals surface area contributed by atoms with Crippen molar-refractivity contribution in [3.8, 4) is 5.75 Å². The lowest BCUT2D eigenvalue weighted by Crippen LogP contribution is -2.57. The Morgan fingerprint density at radius 1 is 0.939 bits per heavy atom. The van der Waals surface area contributed by atoms with E-state index in [0.717, 1.165) is 0 Å². The van der Waals surface area contributed by atoms with Gasteiger partial charge in [-0.3, -0.25) is 24.0 Å². The molecule has 3 atom stereocenters. The van der Waals surface area contributed by atoms with Gasteiger partial charge in [-0.15, -0.1) is 0 Å². The fraction of sp³-hybridized carbons (Fsp3) is 0.476. The summed E-state index contributed by atoms with van der Waals surface area (Å²) in [6.07, 6.45) is -0.211. The number of carboxylic acid groups (broad SMARTS) is 1. The largest absolute Gasteiger partial charge is 0.508 e. The van der Waals surface area contributed by atoms with Crippen LogP contribution in [0.4, 0.5) is 0 Å². The molecular formula is C21H31N5O7. The Balaban J connectivity index is 3.05. The first kappa shape index (κ1) is 27.4. The van der Waals surface area contributed by atoms with E-state index in [4.69, 9.17) is 16.6 Å². The number of primary amides is 1. The summed E-state index contributed by atoms with van der Waals surface area (Å²) < 4.78 is 0. The van der Waals surface area contributed by atoms with Crippen LogP contribution in [-0.2, 0) is 30.4 Å². The van der Waals surface area contributed by atoms with Crippen molar-refractivity contribution < 1.29 is 34.2 Å². The number of aromatic hydroxyl groups is 1. The molecule has 0 aliphatic heterocycles. The molecule has 0 aliphatic carbocycles. The van der Waals surface area contributed by atoms with Gasteiger partial charge in [-0.2, -0.15) is 0 Å². The van der Waals surface area contributed by atoms with Crippen molar-refractivity contribution >= 4 is 29.6 Å². The Labute approximate surface area is 191 Å². The highest BCUT2D eigenvalue weighted by Gasteiger charge is 2.29. The van der Waals surface area contributed by atoms with E-state index in [1.807, 2.05) is 13.8 Å². The second-order valence-electron chi connectivity index (χ2n) is 8.01. The molecule has 0 saturated heterocycles. The molecule has 9 N–H and O–H groups in total. The molecule has 12 heteroatoms. The second-order valence-corrected chi connectivity index (χ2v) is 8.01. The number of hydrogen-bond acceptors (Lipinski definition) is 7. The van der Waals surface area contributed by atoms with Gasteiger partial charge in [0.25, 0.3) is 0 Å². The van der Waals surface area contributed by atoms with Crippen LogP contribution in [-0.4, -0.2) is 64.5 Å². The van der Waals surface area contributed by atoms with Crippen molar-refractivity contribution in [2.45, 2.75) is 51.2 Å². The number of carbonyl (C=O) groups is 5. The van der Waals surface area contributed by atoms with Crippen LogP contribution in [0.2, 0.25) is 0 Å². The van der Waals surface area contributed by atoms with Gasteiger partial charge in [0.2, 0.25) is 23.6 Å². The fourth-order valence-corrected chi connectivity index (χ4v) is 2.93. The smallest absolute Gasteiger partial charge is 0.322 e. The maximum absolute atomic E-state index is 13.0. The number of phenols is 1. The average Bonchev–Trinajstić information content (AvgIpc) is 2.71. The zero-order valence-corrected chi connectivity index (χ0v) is 18.5. The van der Waals surface area contributed by atoms with Crippen molar-refractivity contribution in [1.82, 2.24) is 16.0 Å². The molecule has 0 heterocycles. The van der Waals surface area contributed by atoms with Gasteiger partial charge in [0.15, 0.2) is 0 Å². The van der Waals surface area contributed by atoms with E-state index < -0.39 is 60.7 Å². The lowest BCUT2D eigenvalue weighted by Gasteiger charge is -2.25. The molecule has 33 heavy (non-hydrogen) atoms. The van der Waals surface area contributed by atoms with Crippen LogP contribution < -0.4 is 27.4 Å². The van der Waals surface area contributed by atoms with E-state index in [2.05, 4.69) is 16.0 Å². The minimum atomic E-state index is -1.28. The highest BCUT2D eigenvalue weighted by Crippen LogP contribution is 2.12. The molecular weight excluding hydrogens is 434 g/mol. The van der Waals surface area contributed by atoms with Gasteiger partial charge < -0.3 is 37.6 Å². The summed E-state index contributed by atoms with van der Waals surface area (Å²) in [7, 11) is 0. The van der Waals surface area contributed by atoms with Crippen LogP contribution in [0, 0.1) is 5.92 Å². The number of amides is 4. The summed E-state index contributed by atoms with van der Waals surface area (Å²) in [5.41, 5.74) is 11.3. The predicted octanol–water partition coefficient (Wildman–Crippen LogP) is -1.65. The maximum Gasteiger partial charge on any atom is 0.322 e. The van der Waals surface area contributed by atoms with Crippen molar-refractivity contribution in [2.24, 2.45) is 17.4 Å². The van der Waals surface area contributed by atoms with Crippen molar-refractivity contribution in [1.29, 1.82) is 0 Å². The summed E-state index contributed by atoms with van der Waals surface area (Å²) in [4.78, 5) is 59.7. The third-order valence-corrected chi connectivity index (χ3v) is 4.52. The zero-order valence-electron chi connectivity index (χ0n) is 18.5. The Kier molecular flexibility index (Phi) is 10.8. The van der Waals surface area contributed by atoms with Crippen molar-refractivity contribution in [3.63, 3.8) is 0 Å². The molecule has 182 valence electrons. The molecule has 0 aliphatic rings. The maximum atomic E-state index is 13.0. The summed E-state index contributed by atoms with van der Waals surface area (Å²) in [6, 6.07) is 2.42. The Bertz CT molecular complexity index is 857. The first-order chi connectivity index (χ1) is 15.4. The van der Waals surface area contributed by atoms with E-state index in [-0.39, 0.29) is 24.5 Å². The van der Waals surface area contributed by atoms with Crippen LogP contribution in [0.15, 0.2) is 24.3 Å². The highest BCUT2D eigenvalue weighted by molar-refractivity contribution is 5.94. The number of hydrogen-bond donors (Lipinski definition) is 7. The van der Waals surface area contributed by atoms with Crippen LogP contribution >= 0.6 is 0 Å². The Morgan fingerprint density at radius 3 is 2.03 bits per heavy atom. The number of aliphatic carboxylic acids is 1. The second kappa shape index (κ2) is 13.0. The minimum Gasteiger partial charge on any atom is -0.508 e. The van der Waals surface area contributed by atoms with Crippen LogP contribution in [0.1, 0.15) is 32.3 Å². The molecule has 4 amide bonds.